The lowest BCUT2D eigenvalue weighted by Gasteiger charge is -1.91. The average Bonchev–Trinajstić information content (AvgIpc) is 2.63. The molecule has 6 heteroatoms. The van der Waals surface area contributed by atoms with Gasteiger partial charge in [-0.05, 0) is 5.92 Å². The Balaban J connectivity index is 0.00000112. The first-order chi connectivity index (χ1) is 6.92. The summed E-state index contributed by atoms with van der Waals surface area (Å²) < 4.78 is 1.90. The lowest BCUT2D eigenvalue weighted by Crippen LogP contribution is -1.95. The van der Waals surface area contributed by atoms with Crippen molar-refractivity contribution in [1.82, 2.24) is 14.4 Å². The SMILES string of the molecule is Cl.Cl.NCCC#Cc1cnc2cnccn12. The van der Waals surface area contributed by atoms with Crippen molar-refractivity contribution < 1.29 is 0 Å². The molecule has 0 saturated heterocycles. The van der Waals surface area contributed by atoms with Crippen molar-refractivity contribution in [2.24, 2.45) is 5.73 Å². The molecule has 2 N–H and O–H groups in total. The molecule has 86 valence electrons. The van der Waals surface area contributed by atoms with E-state index in [1.807, 2.05) is 10.6 Å². The van der Waals surface area contributed by atoms with Crippen molar-refractivity contribution in [3.8, 4) is 11.8 Å². The summed E-state index contributed by atoms with van der Waals surface area (Å²) >= 11 is 0. The standard InChI is InChI=1S/C10H10N4.2ClH/c11-4-2-1-3-9-7-13-10-8-12-5-6-14(9)10;;/h5-8H,2,4,11H2;2*1H. The van der Waals surface area contributed by atoms with Crippen LogP contribution in [0.25, 0.3) is 5.65 Å². The van der Waals surface area contributed by atoms with Crippen LogP contribution in [-0.2, 0) is 0 Å². The fourth-order valence-corrected chi connectivity index (χ4v) is 1.16. The Morgan fingerprint density at radius 2 is 2.12 bits per heavy atom. The molecule has 2 aromatic rings. The third-order valence-corrected chi connectivity index (χ3v) is 1.80. The van der Waals surface area contributed by atoms with E-state index in [1.165, 1.54) is 0 Å². The van der Waals surface area contributed by atoms with E-state index in [0.717, 1.165) is 11.3 Å². The van der Waals surface area contributed by atoms with Gasteiger partial charge in [-0.15, -0.1) is 24.8 Å². The van der Waals surface area contributed by atoms with Crippen LogP contribution in [0.15, 0.2) is 24.8 Å². The van der Waals surface area contributed by atoms with Crippen LogP contribution in [0.3, 0.4) is 0 Å². The van der Waals surface area contributed by atoms with Gasteiger partial charge in [0.15, 0.2) is 5.65 Å². The third-order valence-electron chi connectivity index (χ3n) is 1.80. The minimum Gasteiger partial charge on any atom is -0.330 e. The molecule has 0 aliphatic carbocycles. The van der Waals surface area contributed by atoms with E-state index < -0.39 is 0 Å². The second-order valence-electron chi connectivity index (χ2n) is 2.79. The summed E-state index contributed by atoms with van der Waals surface area (Å²) in [5.41, 5.74) is 7.03. The quantitative estimate of drug-likeness (QED) is 0.785. The molecule has 2 rings (SSSR count). The zero-order valence-corrected chi connectivity index (χ0v) is 10.1. The van der Waals surface area contributed by atoms with Gasteiger partial charge in [0, 0.05) is 25.4 Å². The molecule has 0 amide bonds. The number of hydrogen-bond donors (Lipinski definition) is 1. The van der Waals surface area contributed by atoms with Crippen molar-refractivity contribution in [2.45, 2.75) is 6.42 Å². The summed E-state index contributed by atoms with van der Waals surface area (Å²) in [6, 6.07) is 0. The van der Waals surface area contributed by atoms with Crippen LogP contribution in [0.1, 0.15) is 12.1 Å². The highest BCUT2D eigenvalue weighted by Gasteiger charge is 1.97. The molecular weight excluding hydrogens is 247 g/mol. The summed E-state index contributed by atoms with van der Waals surface area (Å²) in [5, 5.41) is 0. The van der Waals surface area contributed by atoms with Gasteiger partial charge in [-0.1, -0.05) is 5.92 Å². The minimum atomic E-state index is 0. The largest absolute Gasteiger partial charge is 0.330 e. The smallest absolute Gasteiger partial charge is 0.156 e. The molecule has 2 aromatic heterocycles. The molecule has 0 unspecified atom stereocenters. The van der Waals surface area contributed by atoms with Crippen molar-refractivity contribution in [1.29, 1.82) is 0 Å². The average molecular weight is 259 g/mol. The normalized spacial score (nSPS) is 8.56. The predicted molar refractivity (Wildman–Crippen MR) is 68.0 cm³/mol. The van der Waals surface area contributed by atoms with Gasteiger partial charge in [-0.3, -0.25) is 9.38 Å². The molecule has 16 heavy (non-hydrogen) atoms. The number of imidazole rings is 1. The molecule has 0 saturated carbocycles. The molecule has 4 nitrogen and oxygen atoms in total. The summed E-state index contributed by atoms with van der Waals surface area (Å²) in [5.74, 6) is 5.98. The Hall–Kier alpha value is -1.28. The summed E-state index contributed by atoms with van der Waals surface area (Å²) in [7, 11) is 0. The summed E-state index contributed by atoms with van der Waals surface area (Å²) in [6.07, 6.45) is 7.70. The molecule has 0 fully saturated rings. The molecule has 0 bridgehead atoms. The Bertz CT molecular complexity index is 498. The van der Waals surface area contributed by atoms with Gasteiger partial charge in [0.25, 0.3) is 0 Å². The zero-order chi connectivity index (χ0) is 9.80. The molecule has 0 radical (unpaired) electrons. The van der Waals surface area contributed by atoms with Crippen LogP contribution in [0.2, 0.25) is 0 Å². The molecule has 2 heterocycles. The Kier molecular flexibility index (Phi) is 6.50. The van der Waals surface area contributed by atoms with Gasteiger partial charge in [-0.2, -0.15) is 0 Å². The molecular formula is C10H12Cl2N4. The Morgan fingerprint density at radius 3 is 2.88 bits per heavy atom. The van der Waals surface area contributed by atoms with Gasteiger partial charge in [0.05, 0.1) is 12.4 Å². The first-order valence-electron chi connectivity index (χ1n) is 4.38. The van der Waals surface area contributed by atoms with Crippen LogP contribution in [0.4, 0.5) is 0 Å². The number of nitrogens with zero attached hydrogens (tertiary/aromatic N) is 3. The van der Waals surface area contributed by atoms with Crippen molar-refractivity contribution in [3.63, 3.8) is 0 Å². The maximum atomic E-state index is 5.35. The van der Waals surface area contributed by atoms with E-state index in [4.69, 9.17) is 5.73 Å². The number of nitrogens with two attached hydrogens (primary N) is 1. The minimum absolute atomic E-state index is 0. The topological polar surface area (TPSA) is 56.2 Å². The fourth-order valence-electron chi connectivity index (χ4n) is 1.16. The highest BCUT2D eigenvalue weighted by Crippen LogP contribution is 2.02. The predicted octanol–water partition coefficient (Wildman–Crippen LogP) is 1.27. The van der Waals surface area contributed by atoms with E-state index >= 15 is 0 Å². The number of aromatic nitrogens is 3. The maximum absolute atomic E-state index is 5.35. The Labute approximate surface area is 106 Å². The van der Waals surface area contributed by atoms with Crippen LogP contribution in [0.5, 0.6) is 0 Å². The highest BCUT2D eigenvalue weighted by atomic mass is 35.5. The fraction of sp³-hybridized carbons (Fsp3) is 0.200. The monoisotopic (exact) mass is 258 g/mol. The number of hydrogen-bond acceptors (Lipinski definition) is 3. The summed E-state index contributed by atoms with van der Waals surface area (Å²) in [4.78, 5) is 8.14. The van der Waals surface area contributed by atoms with E-state index in [1.54, 1.807) is 18.6 Å². The number of rotatable bonds is 1. The molecule has 0 aromatic carbocycles. The van der Waals surface area contributed by atoms with Gasteiger partial charge < -0.3 is 5.73 Å². The first-order valence-corrected chi connectivity index (χ1v) is 4.38. The Morgan fingerprint density at radius 1 is 1.31 bits per heavy atom. The van der Waals surface area contributed by atoms with Crippen molar-refractivity contribution >= 4 is 30.5 Å². The van der Waals surface area contributed by atoms with Gasteiger partial charge >= 0.3 is 0 Å². The van der Waals surface area contributed by atoms with Crippen LogP contribution >= 0.6 is 24.8 Å². The third kappa shape index (κ3) is 3.11. The second-order valence-corrected chi connectivity index (χ2v) is 2.79. The number of halogens is 2. The lowest BCUT2D eigenvalue weighted by molar-refractivity contribution is 1.03. The molecule has 0 atom stereocenters. The first kappa shape index (κ1) is 14.7. The zero-order valence-electron chi connectivity index (χ0n) is 8.46. The van der Waals surface area contributed by atoms with Crippen LogP contribution in [-0.4, -0.2) is 20.9 Å². The molecule has 0 aliphatic heterocycles. The van der Waals surface area contributed by atoms with Crippen LogP contribution < -0.4 is 5.73 Å². The molecule has 0 spiro atoms. The van der Waals surface area contributed by atoms with Crippen LogP contribution in [0, 0.1) is 11.8 Å². The van der Waals surface area contributed by atoms with E-state index in [-0.39, 0.29) is 24.8 Å². The van der Waals surface area contributed by atoms with Crippen molar-refractivity contribution in [2.75, 3.05) is 6.54 Å². The summed E-state index contributed by atoms with van der Waals surface area (Å²) in [6.45, 7) is 0.589. The van der Waals surface area contributed by atoms with Gasteiger partial charge in [0.1, 0.15) is 5.69 Å². The highest BCUT2D eigenvalue weighted by molar-refractivity contribution is 5.85. The van der Waals surface area contributed by atoms with Gasteiger partial charge in [-0.25, -0.2) is 4.98 Å². The van der Waals surface area contributed by atoms with Crippen molar-refractivity contribution in [3.05, 3.63) is 30.5 Å². The van der Waals surface area contributed by atoms with E-state index in [9.17, 15) is 0 Å². The number of fused-ring (bicyclic) bond motifs is 1. The van der Waals surface area contributed by atoms with Gasteiger partial charge in [0.2, 0.25) is 0 Å². The second kappa shape index (κ2) is 7.07. The lowest BCUT2D eigenvalue weighted by atomic mass is 10.4. The van der Waals surface area contributed by atoms with E-state index in [0.29, 0.717) is 13.0 Å². The maximum Gasteiger partial charge on any atom is 0.156 e. The van der Waals surface area contributed by atoms with E-state index in [2.05, 4.69) is 21.8 Å². The molecule has 0 aliphatic rings.